The fraction of sp³-hybridized carbons (Fsp3) is 0.250. The van der Waals surface area contributed by atoms with Crippen molar-refractivity contribution >= 4 is 11.9 Å². The van der Waals surface area contributed by atoms with Crippen LogP contribution < -0.4 is 5.73 Å². The van der Waals surface area contributed by atoms with E-state index >= 15 is 0 Å². The fourth-order valence-corrected chi connectivity index (χ4v) is 1.82. The highest BCUT2D eigenvalue weighted by molar-refractivity contribution is 5.87. The van der Waals surface area contributed by atoms with E-state index in [4.69, 9.17) is 5.73 Å². The summed E-state index contributed by atoms with van der Waals surface area (Å²) in [5.41, 5.74) is 6.56. The van der Waals surface area contributed by atoms with Crippen LogP contribution in [-0.4, -0.2) is 20.7 Å². The normalized spacial score (nSPS) is 12.3. The van der Waals surface area contributed by atoms with E-state index in [2.05, 4.69) is 10.2 Å². The Bertz CT molecular complexity index is 506. The lowest BCUT2D eigenvalue weighted by atomic mass is 9.96. The average Bonchev–Trinajstić information content (AvgIpc) is 2.77. The molecular weight excluding hydrogens is 216 g/mol. The van der Waals surface area contributed by atoms with Gasteiger partial charge in [-0.3, -0.25) is 4.79 Å². The number of nitrogens with zero attached hydrogens (tertiary/aromatic N) is 3. The number of carbonyl (C=O) groups excluding carboxylic acids is 1. The number of hydrogen-bond donors (Lipinski definition) is 1. The molecule has 1 atom stereocenters. The van der Waals surface area contributed by atoms with Crippen LogP contribution in [0.4, 0.5) is 5.95 Å². The molecule has 0 fully saturated rings. The molecule has 0 spiro atoms. The van der Waals surface area contributed by atoms with Gasteiger partial charge in [-0.05, 0) is 12.0 Å². The van der Waals surface area contributed by atoms with E-state index in [0.717, 1.165) is 5.56 Å². The van der Waals surface area contributed by atoms with Crippen molar-refractivity contribution in [2.45, 2.75) is 19.3 Å². The predicted molar refractivity (Wildman–Crippen MR) is 64.5 cm³/mol. The molecule has 1 aromatic heterocycles. The molecule has 0 aliphatic heterocycles. The number of hydrogen-bond acceptors (Lipinski definition) is 4. The van der Waals surface area contributed by atoms with Gasteiger partial charge >= 0.3 is 0 Å². The van der Waals surface area contributed by atoms with Gasteiger partial charge in [0.1, 0.15) is 6.33 Å². The molecule has 17 heavy (non-hydrogen) atoms. The van der Waals surface area contributed by atoms with E-state index in [-0.39, 0.29) is 17.8 Å². The number of nitrogens with two attached hydrogens (primary N) is 1. The maximum atomic E-state index is 12.3. The average molecular weight is 230 g/mol. The maximum absolute atomic E-state index is 12.3. The van der Waals surface area contributed by atoms with Gasteiger partial charge in [-0.15, -0.1) is 10.2 Å². The number of rotatable bonds is 3. The summed E-state index contributed by atoms with van der Waals surface area (Å²) in [4.78, 5) is 12.3. The standard InChI is InChI=1S/C12H14N4O/c1-2-10(9-6-4-3-5-7-9)11(17)16-8-14-15-12(16)13/h3-8,10H,2H2,1H3,(H2,13,15)/t10-/m1/s1. The molecule has 5 nitrogen and oxygen atoms in total. The molecule has 2 N–H and O–H groups in total. The summed E-state index contributed by atoms with van der Waals surface area (Å²) in [6.45, 7) is 1.97. The molecule has 0 unspecified atom stereocenters. The molecule has 88 valence electrons. The minimum absolute atomic E-state index is 0.0961. The van der Waals surface area contributed by atoms with Crippen molar-refractivity contribution in [2.75, 3.05) is 5.73 Å². The smallest absolute Gasteiger partial charge is 0.242 e. The lowest BCUT2D eigenvalue weighted by Gasteiger charge is -2.14. The number of nitrogen functional groups attached to an aromatic ring is 1. The highest BCUT2D eigenvalue weighted by atomic mass is 16.2. The lowest BCUT2D eigenvalue weighted by molar-refractivity contribution is 0.0877. The van der Waals surface area contributed by atoms with Crippen molar-refractivity contribution < 1.29 is 4.79 Å². The molecule has 0 saturated heterocycles. The van der Waals surface area contributed by atoms with Crippen molar-refractivity contribution in [3.8, 4) is 0 Å². The van der Waals surface area contributed by atoms with Crippen molar-refractivity contribution in [1.82, 2.24) is 14.8 Å². The Morgan fingerprint density at radius 3 is 2.65 bits per heavy atom. The van der Waals surface area contributed by atoms with E-state index in [9.17, 15) is 4.79 Å². The molecule has 0 saturated carbocycles. The van der Waals surface area contributed by atoms with Crippen molar-refractivity contribution in [2.24, 2.45) is 0 Å². The first kappa shape index (κ1) is 11.3. The molecule has 0 amide bonds. The summed E-state index contributed by atoms with van der Waals surface area (Å²) in [6.07, 6.45) is 2.06. The molecule has 5 heteroatoms. The molecule has 1 heterocycles. The van der Waals surface area contributed by atoms with Gasteiger partial charge in [0.05, 0.1) is 5.92 Å². The molecule has 0 bridgehead atoms. The van der Waals surface area contributed by atoms with Gasteiger partial charge in [-0.1, -0.05) is 37.3 Å². The largest absolute Gasteiger partial charge is 0.368 e. The number of benzene rings is 1. The summed E-state index contributed by atoms with van der Waals surface area (Å²) in [5.74, 6) is -0.180. The van der Waals surface area contributed by atoms with E-state index in [0.29, 0.717) is 6.42 Å². The molecular formula is C12H14N4O. The van der Waals surface area contributed by atoms with Crippen LogP contribution >= 0.6 is 0 Å². The van der Waals surface area contributed by atoms with E-state index in [1.165, 1.54) is 10.9 Å². The minimum atomic E-state index is -0.213. The summed E-state index contributed by atoms with van der Waals surface area (Å²) < 4.78 is 1.29. The maximum Gasteiger partial charge on any atom is 0.242 e. The van der Waals surface area contributed by atoms with E-state index in [1.54, 1.807) is 0 Å². The number of anilines is 1. The van der Waals surface area contributed by atoms with Crippen LogP contribution in [-0.2, 0) is 0 Å². The van der Waals surface area contributed by atoms with Gasteiger partial charge < -0.3 is 5.73 Å². The van der Waals surface area contributed by atoms with Crippen LogP contribution in [0, 0.1) is 0 Å². The van der Waals surface area contributed by atoms with Gasteiger partial charge in [-0.2, -0.15) is 0 Å². The third kappa shape index (κ3) is 2.18. The third-order valence-corrected chi connectivity index (χ3v) is 2.72. The third-order valence-electron chi connectivity index (χ3n) is 2.72. The second-order valence-corrected chi connectivity index (χ2v) is 3.77. The zero-order valence-corrected chi connectivity index (χ0v) is 9.58. The van der Waals surface area contributed by atoms with Crippen molar-refractivity contribution in [1.29, 1.82) is 0 Å². The van der Waals surface area contributed by atoms with Gasteiger partial charge in [0.2, 0.25) is 11.9 Å². The summed E-state index contributed by atoms with van der Waals surface area (Å²) in [7, 11) is 0. The van der Waals surface area contributed by atoms with Crippen LogP contribution in [0.1, 0.15) is 29.6 Å². The summed E-state index contributed by atoms with van der Waals surface area (Å²) in [5, 5.41) is 7.24. The Morgan fingerprint density at radius 2 is 2.12 bits per heavy atom. The lowest BCUT2D eigenvalue weighted by Crippen LogP contribution is -2.20. The Balaban J connectivity index is 2.32. The zero-order valence-electron chi connectivity index (χ0n) is 9.58. The second-order valence-electron chi connectivity index (χ2n) is 3.77. The zero-order chi connectivity index (χ0) is 12.3. The fourth-order valence-electron chi connectivity index (χ4n) is 1.82. The molecule has 2 rings (SSSR count). The van der Waals surface area contributed by atoms with Crippen LogP contribution in [0.2, 0.25) is 0 Å². The first-order valence-electron chi connectivity index (χ1n) is 5.48. The first-order chi connectivity index (χ1) is 8.24. The van der Waals surface area contributed by atoms with Crippen molar-refractivity contribution in [3.05, 3.63) is 42.2 Å². The van der Waals surface area contributed by atoms with Gasteiger partial charge in [0, 0.05) is 0 Å². The number of aromatic nitrogens is 3. The van der Waals surface area contributed by atoms with Gasteiger partial charge in [0.15, 0.2) is 0 Å². The summed E-state index contributed by atoms with van der Waals surface area (Å²) >= 11 is 0. The Hall–Kier alpha value is -2.17. The Kier molecular flexibility index (Phi) is 3.18. The minimum Gasteiger partial charge on any atom is -0.368 e. The topological polar surface area (TPSA) is 73.8 Å². The van der Waals surface area contributed by atoms with Gasteiger partial charge in [0.25, 0.3) is 0 Å². The summed E-state index contributed by atoms with van der Waals surface area (Å²) in [6, 6.07) is 9.63. The van der Waals surface area contributed by atoms with Crippen LogP contribution in [0.5, 0.6) is 0 Å². The van der Waals surface area contributed by atoms with Crippen LogP contribution in [0.15, 0.2) is 36.7 Å². The predicted octanol–water partition coefficient (Wildman–Crippen LogP) is 1.69. The monoisotopic (exact) mass is 230 g/mol. The van der Waals surface area contributed by atoms with Gasteiger partial charge in [-0.25, -0.2) is 4.57 Å². The SMILES string of the molecule is CC[C@@H](C(=O)n1cnnc1N)c1ccccc1. The molecule has 0 aliphatic carbocycles. The van der Waals surface area contributed by atoms with E-state index in [1.807, 2.05) is 37.3 Å². The highest BCUT2D eigenvalue weighted by Gasteiger charge is 2.21. The van der Waals surface area contributed by atoms with Crippen LogP contribution in [0.3, 0.4) is 0 Å². The molecule has 2 aromatic rings. The van der Waals surface area contributed by atoms with Crippen LogP contribution in [0.25, 0.3) is 0 Å². The molecule has 0 aliphatic rings. The van der Waals surface area contributed by atoms with Crippen molar-refractivity contribution in [3.63, 3.8) is 0 Å². The highest BCUT2D eigenvalue weighted by Crippen LogP contribution is 2.21. The first-order valence-corrected chi connectivity index (χ1v) is 5.48. The van der Waals surface area contributed by atoms with E-state index < -0.39 is 0 Å². The Labute approximate surface area is 99.3 Å². The second kappa shape index (κ2) is 4.78. The number of carbonyl (C=O) groups is 1. The molecule has 1 aromatic carbocycles. The quantitative estimate of drug-likeness (QED) is 0.870. The molecule has 0 radical (unpaired) electrons. The Morgan fingerprint density at radius 1 is 1.41 bits per heavy atom.